The van der Waals surface area contributed by atoms with Crippen molar-refractivity contribution in [3.8, 4) is 22.9 Å². The highest BCUT2D eigenvalue weighted by molar-refractivity contribution is 7.55. The first-order valence-corrected chi connectivity index (χ1v) is 22.4. The number of carbonyl (C=O) groups is 3. The lowest BCUT2D eigenvalue weighted by molar-refractivity contribution is -0.142. The molecule has 0 bridgehead atoms. The first kappa shape index (κ1) is 43.3. The van der Waals surface area contributed by atoms with Crippen LogP contribution < -0.4 is 25.4 Å². The number of carbonyl (C=O) groups excluding carboxylic acids is 3. The highest BCUT2D eigenvalue weighted by atomic mass is 32.1. The molecule has 4 N–H and O–H groups in total. The smallest absolute Gasteiger partial charge is 0.408 e. The number of amides is 3. The Labute approximate surface area is 344 Å². The second-order valence-corrected chi connectivity index (χ2v) is 20.0. The number of rotatable bonds is 15. The normalized spacial score (nSPS) is 23.7. The first-order chi connectivity index (χ1) is 27.3. The number of aromatic nitrogens is 2. The van der Waals surface area contributed by atoms with E-state index in [1.807, 2.05) is 46.1 Å². The lowest BCUT2D eigenvalue weighted by Crippen LogP contribution is -2.58. The summed E-state index contributed by atoms with van der Waals surface area (Å²) in [7, 11) is -2.84. The van der Waals surface area contributed by atoms with Gasteiger partial charge < -0.3 is 44.5 Å². The summed E-state index contributed by atoms with van der Waals surface area (Å²) in [5.41, 5.74) is 0.980. The second-order valence-electron chi connectivity index (χ2n) is 17.1. The zero-order chi connectivity index (χ0) is 42.2. The van der Waals surface area contributed by atoms with Crippen LogP contribution in [0, 0.1) is 11.3 Å². The summed E-state index contributed by atoms with van der Waals surface area (Å²) in [5.74, 6) is -0.647. The predicted molar refractivity (Wildman–Crippen MR) is 223 cm³/mol. The van der Waals surface area contributed by atoms with Gasteiger partial charge in [0, 0.05) is 41.3 Å². The molecule has 15 nitrogen and oxygen atoms in total. The van der Waals surface area contributed by atoms with Crippen LogP contribution in [0.15, 0.2) is 42.3 Å². The van der Waals surface area contributed by atoms with Crippen LogP contribution in [0.1, 0.15) is 87.0 Å². The van der Waals surface area contributed by atoms with Crippen molar-refractivity contribution in [2.45, 2.75) is 129 Å². The summed E-state index contributed by atoms with van der Waals surface area (Å²) in [5, 5.41) is 10.7. The van der Waals surface area contributed by atoms with Crippen LogP contribution in [0.25, 0.3) is 22.3 Å². The molecule has 2 aromatic heterocycles. The molecule has 3 heterocycles. The predicted octanol–water partition coefficient (Wildman–Crippen LogP) is 7.25. The Morgan fingerprint density at radius 1 is 1.09 bits per heavy atom. The molecule has 316 valence electrons. The van der Waals surface area contributed by atoms with E-state index < -0.39 is 66.4 Å². The number of methoxy groups -OCH3 is 1. The van der Waals surface area contributed by atoms with Gasteiger partial charge in [0.2, 0.25) is 11.8 Å². The molecule has 1 saturated heterocycles. The molecule has 58 heavy (non-hydrogen) atoms. The Bertz CT molecular complexity index is 2060. The van der Waals surface area contributed by atoms with Crippen LogP contribution in [-0.4, -0.2) is 93.0 Å². The quantitative estimate of drug-likeness (QED) is 0.0888. The number of hydrogen-bond donors (Lipinski definition) is 4. The number of nitrogens with one attached hydrogen (secondary N) is 3. The molecule has 0 spiro atoms. The number of ether oxygens (including phenoxy) is 3. The van der Waals surface area contributed by atoms with Crippen molar-refractivity contribution in [1.82, 2.24) is 25.5 Å². The summed E-state index contributed by atoms with van der Waals surface area (Å²) >= 11 is 1.46. The van der Waals surface area contributed by atoms with Crippen LogP contribution in [-0.2, 0) is 23.4 Å². The first-order valence-electron chi connectivity index (χ1n) is 20.0. The number of anilines is 1. The molecule has 3 amide bonds. The monoisotopic (exact) mass is 840 g/mol. The molecule has 3 fully saturated rings. The third-order valence-corrected chi connectivity index (χ3v) is 13.8. The van der Waals surface area contributed by atoms with Gasteiger partial charge in [0.1, 0.15) is 46.8 Å². The van der Waals surface area contributed by atoms with Gasteiger partial charge in [-0.25, -0.2) is 14.8 Å². The number of thiazole rings is 1. The van der Waals surface area contributed by atoms with Crippen molar-refractivity contribution in [3.63, 3.8) is 0 Å². The van der Waals surface area contributed by atoms with Gasteiger partial charge in [-0.15, -0.1) is 17.9 Å². The van der Waals surface area contributed by atoms with Crippen LogP contribution >= 0.6 is 18.9 Å². The number of alkyl carbamates (subject to hydrolysis) is 1. The zero-order valence-electron chi connectivity index (χ0n) is 34.6. The van der Waals surface area contributed by atoms with Gasteiger partial charge in [-0.2, -0.15) is 0 Å². The third-order valence-electron chi connectivity index (χ3n) is 10.7. The number of hydrogen-bond acceptors (Lipinski definition) is 12. The number of fused-ring (bicyclic) bond motifs is 1. The van der Waals surface area contributed by atoms with E-state index in [0.29, 0.717) is 33.8 Å². The van der Waals surface area contributed by atoms with Crippen molar-refractivity contribution in [2.75, 3.05) is 19.0 Å². The number of nitrogens with zero attached hydrogens (tertiary/aromatic N) is 3. The molecule has 2 saturated carbocycles. The largest absolute Gasteiger partial charge is 0.497 e. The number of likely N-dealkylation sites (tertiary alicyclic amines) is 1. The van der Waals surface area contributed by atoms with Gasteiger partial charge in [-0.05, 0) is 77.3 Å². The standard InChI is InChI=1S/C41H57N6O9PS/c1-10-25-20-41(25,57(51,52)56-24(4)5)46-36(48)33-18-28(21-47(33)37(49)35(40(6,7)8)45-39(50)55-26-13-11-12-14-26)54-34-19-31(32-22-58-38(44-32)42-23(2)3)43-30-17-27(53-9)15-16-29(30)34/h10,15-17,19,22-26,28,33,35H,1,11-14,18,20-21H2,2-9H3,(H,42,44)(H,45,50)(H,46,48)(H,51,52)/t25-,28-,33?,35-,41+/m1/s1. The minimum Gasteiger partial charge on any atom is -0.497 e. The van der Waals surface area contributed by atoms with E-state index in [1.165, 1.54) is 22.3 Å². The summed E-state index contributed by atoms with van der Waals surface area (Å²) in [6, 6.07) is 5.18. The summed E-state index contributed by atoms with van der Waals surface area (Å²) in [4.78, 5) is 64.7. The maximum absolute atomic E-state index is 14.8. The van der Waals surface area contributed by atoms with E-state index in [-0.39, 0.29) is 31.5 Å². The van der Waals surface area contributed by atoms with E-state index in [0.717, 1.165) is 30.8 Å². The SMILES string of the molecule is C=C[C@@H]1C[C@]1(NC(=O)C1C[C@@H](Oc2cc(-c3csc(NC(C)C)n3)nc3cc(OC)ccc23)CN1C(=O)[C@@H](NC(=O)OC1CCCC1)C(C)(C)C)P(=O)(O)OC(C)C. The maximum atomic E-state index is 14.8. The van der Waals surface area contributed by atoms with Crippen LogP contribution in [0.3, 0.4) is 0 Å². The van der Waals surface area contributed by atoms with Gasteiger partial charge in [-0.1, -0.05) is 26.8 Å². The number of pyridine rings is 1. The maximum Gasteiger partial charge on any atom is 0.408 e. The summed E-state index contributed by atoms with van der Waals surface area (Å²) in [6.07, 6.45) is 2.89. The van der Waals surface area contributed by atoms with Crippen LogP contribution in [0.4, 0.5) is 9.93 Å². The molecular weight excluding hydrogens is 784 g/mol. The molecule has 2 aliphatic carbocycles. The van der Waals surface area contributed by atoms with Gasteiger partial charge in [0.25, 0.3) is 0 Å². The topological polar surface area (TPSA) is 191 Å². The Morgan fingerprint density at radius 3 is 2.43 bits per heavy atom. The lowest BCUT2D eigenvalue weighted by atomic mass is 9.85. The Kier molecular flexibility index (Phi) is 12.8. The average molecular weight is 841 g/mol. The van der Waals surface area contributed by atoms with Crippen molar-refractivity contribution >= 4 is 52.9 Å². The van der Waals surface area contributed by atoms with Crippen molar-refractivity contribution < 1.29 is 42.6 Å². The minimum atomic E-state index is -4.41. The fourth-order valence-corrected chi connectivity index (χ4v) is 10.5. The van der Waals surface area contributed by atoms with E-state index in [1.54, 1.807) is 39.2 Å². The van der Waals surface area contributed by atoms with Crippen molar-refractivity contribution in [3.05, 3.63) is 42.3 Å². The number of benzene rings is 1. The van der Waals surface area contributed by atoms with Crippen molar-refractivity contribution in [1.29, 1.82) is 0 Å². The Morgan fingerprint density at radius 2 is 1.81 bits per heavy atom. The second kappa shape index (κ2) is 17.2. The molecule has 1 aliphatic heterocycles. The van der Waals surface area contributed by atoms with Gasteiger partial charge in [-0.3, -0.25) is 14.2 Å². The zero-order valence-corrected chi connectivity index (χ0v) is 36.3. The molecule has 6 rings (SSSR count). The van der Waals surface area contributed by atoms with Gasteiger partial charge in [0.05, 0.1) is 31.0 Å². The van der Waals surface area contributed by atoms with Gasteiger partial charge in [0.15, 0.2) is 5.13 Å². The molecule has 2 unspecified atom stereocenters. The Balaban J connectivity index is 1.35. The minimum absolute atomic E-state index is 0.0328. The van der Waals surface area contributed by atoms with Gasteiger partial charge >= 0.3 is 13.7 Å². The summed E-state index contributed by atoms with van der Waals surface area (Å²) in [6.45, 7) is 16.6. The summed E-state index contributed by atoms with van der Waals surface area (Å²) < 4.78 is 37.1. The molecule has 3 aromatic rings. The molecular formula is C41H57N6O9PS. The molecule has 0 radical (unpaired) electrons. The Hall–Kier alpha value is -4.24. The molecule has 6 atom stereocenters. The third kappa shape index (κ3) is 9.46. The van der Waals surface area contributed by atoms with E-state index >= 15 is 0 Å². The highest BCUT2D eigenvalue weighted by Crippen LogP contribution is 2.70. The van der Waals surface area contributed by atoms with E-state index in [9.17, 15) is 23.8 Å². The fraction of sp³-hybridized carbons (Fsp3) is 0.585. The van der Waals surface area contributed by atoms with E-state index in [4.69, 9.17) is 28.7 Å². The average Bonchev–Trinajstić information content (AvgIpc) is 3.54. The highest BCUT2D eigenvalue weighted by Gasteiger charge is 2.67. The van der Waals surface area contributed by atoms with Crippen molar-refractivity contribution in [2.24, 2.45) is 11.3 Å². The fourth-order valence-electron chi connectivity index (χ4n) is 7.69. The van der Waals surface area contributed by atoms with E-state index in [2.05, 4.69) is 22.5 Å². The van der Waals surface area contributed by atoms with Crippen LogP contribution in [0.5, 0.6) is 11.5 Å². The molecule has 17 heteroatoms. The molecule has 1 aromatic carbocycles. The lowest BCUT2D eigenvalue weighted by Gasteiger charge is -2.35. The molecule has 3 aliphatic rings. The van der Waals surface area contributed by atoms with Crippen LogP contribution in [0.2, 0.25) is 0 Å².